The van der Waals surface area contributed by atoms with E-state index in [2.05, 4.69) is 15.6 Å². The molecule has 5 rings (SSSR count). The molecule has 0 aliphatic carbocycles. The first-order valence-corrected chi connectivity index (χ1v) is 11.9. The molecule has 0 saturated heterocycles. The van der Waals surface area contributed by atoms with E-state index >= 15 is 0 Å². The fourth-order valence-electron chi connectivity index (χ4n) is 3.23. The highest BCUT2D eigenvalue weighted by molar-refractivity contribution is 7.17. The van der Waals surface area contributed by atoms with Gasteiger partial charge in [-0.3, -0.25) is 4.79 Å². The number of anilines is 2. The third kappa shape index (κ3) is 4.77. The molecule has 0 atom stereocenters. The van der Waals surface area contributed by atoms with Crippen molar-refractivity contribution in [3.05, 3.63) is 94.8 Å². The van der Waals surface area contributed by atoms with Gasteiger partial charge >= 0.3 is 0 Å². The van der Waals surface area contributed by atoms with Crippen molar-refractivity contribution in [1.82, 2.24) is 15.0 Å². The van der Waals surface area contributed by atoms with Crippen LogP contribution in [0.1, 0.15) is 15.2 Å². The van der Waals surface area contributed by atoms with Gasteiger partial charge in [-0.2, -0.15) is 0 Å². The van der Waals surface area contributed by atoms with Crippen LogP contribution in [-0.2, 0) is 0 Å². The van der Waals surface area contributed by atoms with Crippen LogP contribution in [-0.4, -0.2) is 20.9 Å². The lowest BCUT2D eigenvalue weighted by molar-refractivity contribution is 0.103. The van der Waals surface area contributed by atoms with Gasteiger partial charge in [0, 0.05) is 11.1 Å². The molecule has 3 N–H and O–H groups in total. The number of benzene rings is 2. The molecule has 0 spiro atoms. The molecule has 0 unspecified atom stereocenters. The number of hydrogen-bond donors (Lipinski definition) is 2. The molecular formula is C25H19N5OS2. The summed E-state index contributed by atoms with van der Waals surface area (Å²) in [4.78, 5) is 15.4. The number of thiophene rings is 2. The van der Waals surface area contributed by atoms with Gasteiger partial charge in [-0.15, -0.1) is 27.8 Å². The lowest BCUT2D eigenvalue weighted by Gasteiger charge is -2.09. The van der Waals surface area contributed by atoms with Crippen LogP contribution in [0.25, 0.3) is 33.3 Å². The van der Waals surface area contributed by atoms with E-state index in [0.717, 1.165) is 20.9 Å². The summed E-state index contributed by atoms with van der Waals surface area (Å²) in [5.41, 5.74) is 10.0. The van der Waals surface area contributed by atoms with Gasteiger partial charge < -0.3 is 11.1 Å². The second-order valence-electron chi connectivity index (χ2n) is 7.21. The van der Waals surface area contributed by atoms with Gasteiger partial charge in [0.2, 0.25) is 0 Å². The summed E-state index contributed by atoms with van der Waals surface area (Å²) in [7, 11) is 0. The summed E-state index contributed by atoms with van der Waals surface area (Å²) in [6, 6.07) is 23.3. The zero-order valence-corrected chi connectivity index (χ0v) is 19.0. The van der Waals surface area contributed by atoms with Crippen molar-refractivity contribution < 1.29 is 4.79 Å². The summed E-state index contributed by atoms with van der Waals surface area (Å²) in [6.45, 7) is 0. The number of nitrogens with one attached hydrogen (secondary N) is 1. The van der Waals surface area contributed by atoms with Crippen LogP contribution in [0.5, 0.6) is 0 Å². The second kappa shape index (κ2) is 9.23. The van der Waals surface area contributed by atoms with Crippen molar-refractivity contribution >= 4 is 52.2 Å². The Morgan fingerprint density at radius 3 is 2.70 bits per heavy atom. The number of nitrogens with zero attached hydrogens (tertiary/aromatic N) is 3. The Hall–Kier alpha value is -4.01. The number of nitrogens with two attached hydrogens (primary N) is 1. The number of carbonyl (C=O) groups excluding carboxylic acids is 1. The van der Waals surface area contributed by atoms with E-state index in [4.69, 9.17) is 5.73 Å². The number of aromatic nitrogens is 3. The maximum Gasteiger partial charge on any atom is 0.265 e. The Kier molecular flexibility index (Phi) is 5.84. The van der Waals surface area contributed by atoms with E-state index in [1.807, 2.05) is 90.6 Å². The lowest BCUT2D eigenvalue weighted by atomic mass is 10.1. The number of amides is 1. The fraction of sp³-hybridized carbons (Fsp3) is 0. The minimum atomic E-state index is -0.211. The van der Waals surface area contributed by atoms with Crippen molar-refractivity contribution in [3.8, 4) is 21.0 Å². The first kappa shape index (κ1) is 20.9. The average Bonchev–Trinajstić information content (AvgIpc) is 3.61. The molecule has 2 aromatic carbocycles. The summed E-state index contributed by atoms with van der Waals surface area (Å²) in [6.07, 6.45) is 5.63. The number of rotatable bonds is 6. The second-order valence-corrected chi connectivity index (χ2v) is 9.24. The Bertz CT molecular complexity index is 1420. The number of carbonyl (C=O) groups is 1. The van der Waals surface area contributed by atoms with Gasteiger partial charge in [0.1, 0.15) is 5.69 Å². The van der Waals surface area contributed by atoms with Gasteiger partial charge in [0.25, 0.3) is 5.91 Å². The highest BCUT2D eigenvalue weighted by atomic mass is 32.1. The van der Waals surface area contributed by atoms with Gasteiger partial charge in [0.05, 0.1) is 27.3 Å². The molecule has 0 fully saturated rings. The highest BCUT2D eigenvalue weighted by Gasteiger charge is 2.14. The molecular weight excluding hydrogens is 450 g/mol. The minimum absolute atomic E-state index is 0.211. The van der Waals surface area contributed by atoms with E-state index in [-0.39, 0.29) is 5.91 Å². The molecule has 0 aliphatic rings. The normalized spacial score (nSPS) is 11.2. The summed E-state index contributed by atoms with van der Waals surface area (Å²) in [5, 5.41) is 13.3. The van der Waals surface area contributed by atoms with Gasteiger partial charge in [-0.05, 0) is 52.9 Å². The van der Waals surface area contributed by atoms with E-state index < -0.39 is 0 Å². The van der Waals surface area contributed by atoms with Crippen molar-refractivity contribution in [2.75, 3.05) is 11.1 Å². The number of hydrogen-bond acceptors (Lipinski definition) is 6. The van der Waals surface area contributed by atoms with Crippen molar-refractivity contribution in [2.45, 2.75) is 0 Å². The quantitative estimate of drug-likeness (QED) is 0.290. The molecule has 3 heterocycles. The molecule has 5 aromatic rings. The van der Waals surface area contributed by atoms with E-state index in [0.29, 0.717) is 21.9 Å². The standard InChI is InChI=1S/C25H19N5OS2/c26-19-9-8-18(22-7-4-14-32-22)15-20(19)27-25(31)24-11-10-23(33-24)21-16-30(29-28-21)13-12-17-5-2-1-3-6-17/h1-16H,26H2,(H,27,31)/b13-12+. The van der Waals surface area contributed by atoms with Gasteiger partial charge in [0.15, 0.2) is 0 Å². The van der Waals surface area contributed by atoms with E-state index in [9.17, 15) is 4.79 Å². The molecule has 0 saturated carbocycles. The predicted octanol–water partition coefficient (Wildman–Crippen LogP) is 6.20. The van der Waals surface area contributed by atoms with Crippen LogP contribution >= 0.6 is 22.7 Å². The topological polar surface area (TPSA) is 85.8 Å². The van der Waals surface area contributed by atoms with Crippen LogP contribution < -0.4 is 11.1 Å². The molecule has 0 bridgehead atoms. The molecule has 0 aliphatic heterocycles. The summed E-state index contributed by atoms with van der Waals surface area (Å²) in [5.74, 6) is -0.211. The molecule has 8 heteroatoms. The van der Waals surface area contributed by atoms with E-state index in [1.165, 1.54) is 11.3 Å². The Balaban J connectivity index is 1.30. The Morgan fingerprint density at radius 2 is 1.88 bits per heavy atom. The highest BCUT2D eigenvalue weighted by Crippen LogP contribution is 2.31. The first-order valence-electron chi connectivity index (χ1n) is 10.2. The molecule has 6 nitrogen and oxygen atoms in total. The zero-order valence-electron chi connectivity index (χ0n) is 17.4. The minimum Gasteiger partial charge on any atom is -0.397 e. The predicted molar refractivity (Wildman–Crippen MR) is 137 cm³/mol. The molecule has 33 heavy (non-hydrogen) atoms. The SMILES string of the molecule is Nc1ccc(-c2cccs2)cc1NC(=O)c1ccc(-c2cn(/C=C/c3ccccc3)nn2)s1. The first-order chi connectivity index (χ1) is 16.2. The largest absolute Gasteiger partial charge is 0.397 e. The van der Waals surface area contributed by atoms with Crippen LogP contribution in [0.4, 0.5) is 11.4 Å². The van der Waals surface area contributed by atoms with Crippen molar-refractivity contribution in [3.63, 3.8) is 0 Å². The van der Waals surface area contributed by atoms with Crippen LogP contribution in [0.15, 0.2) is 84.4 Å². The molecule has 0 radical (unpaired) electrons. The van der Waals surface area contributed by atoms with Crippen LogP contribution in [0.3, 0.4) is 0 Å². The third-order valence-electron chi connectivity index (χ3n) is 4.92. The van der Waals surface area contributed by atoms with Gasteiger partial charge in [-0.1, -0.05) is 47.7 Å². The molecule has 162 valence electrons. The summed E-state index contributed by atoms with van der Waals surface area (Å²) < 4.78 is 1.65. The third-order valence-corrected chi connectivity index (χ3v) is 6.94. The summed E-state index contributed by atoms with van der Waals surface area (Å²) >= 11 is 3.00. The van der Waals surface area contributed by atoms with E-state index in [1.54, 1.807) is 22.1 Å². The Labute approximate surface area is 198 Å². The van der Waals surface area contributed by atoms with Crippen molar-refractivity contribution in [1.29, 1.82) is 0 Å². The average molecular weight is 470 g/mol. The maximum atomic E-state index is 12.9. The molecule has 3 aromatic heterocycles. The Morgan fingerprint density at radius 1 is 1.00 bits per heavy atom. The lowest BCUT2D eigenvalue weighted by Crippen LogP contribution is -2.11. The smallest absolute Gasteiger partial charge is 0.265 e. The monoisotopic (exact) mass is 469 g/mol. The van der Waals surface area contributed by atoms with Gasteiger partial charge in [-0.25, -0.2) is 4.68 Å². The zero-order chi connectivity index (χ0) is 22.6. The molecule has 1 amide bonds. The van der Waals surface area contributed by atoms with Crippen LogP contribution in [0, 0.1) is 0 Å². The maximum absolute atomic E-state index is 12.9. The number of nitrogen functional groups attached to an aromatic ring is 1. The van der Waals surface area contributed by atoms with Crippen LogP contribution in [0.2, 0.25) is 0 Å². The fourth-order valence-corrected chi connectivity index (χ4v) is 4.81. The van der Waals surface area contributed by atoms with Crippen molar-refractivity contribution in [2.24, 2.45) is 0 Å².